The predicted molar refractivity (Wildman–Crippen MR) is 87.2 cm³/mol. The molecule has 28 heavy (non-hydrogen) atoms. The second-order valence-electron chi connectivity index (χ2n) is 5.49. The van der Waals surface area contributed by atoms with Crippen LogP contribution in [0.15, 0.2) is 12.4 Å². The average molecular weight is 403 g/mol. The molecular weight excluding hydrogens is 378 g/mol. The topological polar surface area (TPSA) is 145 Å². The third kappa shape index (κ3) is 5.49. The van der Waals surface area contributed by atoms with E-state index in [-0.39, 0.29) is 0 Å². The number of nitrogens with zero attached hydrogens (tertiary/aromatic N) is 3. The van der Waals surface area contributed by atoms with E-state index in [0.29, 0.717) is 0 Å². The van der Waals surface area contributed by atoms with Crippen LogP contribution in [0.5, 0.6) is 0 Å². The van der Waals surface area contributed by atoms with Crippen LogP contribution in [0.4, 0.5) is 0 Å². The molecule has 0 saturated carbocycles. The van der Waals surface area contributed by atoms with Crippen molar-refractivity contribution in [1.29, 1.82) is 0 Å². The van der Waals surface area contributed by atoms with E-state index >= 15 is 0 Å². The highest BCUT2D eigenvalue weighted by Crippen LogP contribution is 2.34. The Hall–Kier alpha value is -3.02. The van der Waals surface area contributed by atoms with Crippen molar-refractivity contribution in [3.63, 3.8) is 0 Å². The Bertz CT molecular complexity index is 798. The first-order valence-corrected chi connectivity index (χ1v) is 7.76. The second kappa shape index (κ2) is 9.26. The lowest BCUT2D eigenvalue weighted by Crippen LogP contribution is -2.60. The molecule has 1 aromatic rings. The van der Waals surface area contributed by atoms with E-state index in [0.717, 1.165) is 4.68 Å². The van der Waals surface area contributed by atoms with Crippen LogP contribution in [0.25, 0.3) is 0 Å². The summed E-state index contributed by atoms with van der Waals surface area (Å²) in [5.41, 5.74) is 0. The summed E-state index contributed by atoms with van der Waals surface area (Å²) in [4.78, 5) is 47.2. The van der Waals surface area contributed by atoms with Gasteiger partial charge in [0.2, 0.25) is 0 Å². The lowest BCUT2D eigenvalue weighted by molar-refractivity contribution is -0.270. The Morgan fingerprint density at radius 3 is 2.14 bits per heavy atom. The van der Waals surface area contributed by atoms with Crippen molar-refractivity contribution in [2.45, 2.75) is 58.2 Å². The maximum Gasteiger partial charge on any atom is 0.303 e. The second-order valence-corrected chi connectivity index (χ2v) is 5.49. The number of hydrogen-bond acceptors (Lipinski definition) is 11. The van der Waals surface area contributed by atoms with Gasteiger partial charge in [-0.25, -0.2) is 4.68 Å². The Morgan fingerprint density at radius 2 is 1.57 bits per heavy atom. The smallest absolute Gasteiger partial charge is 0.303 e. The van der Waals surface area contributed by atoms with Crippen LogP contribution >= 0.6 is 0 Å². The van der Waals surface area contributed by atoms with Crippen molar-refractivity contribution in [3.05, 3.63) is 12.4 Å². The van der Waals surface area contributed by atoms with Gasteiger partial charge in [0.25, 0.3) is 0 Å². The summed E-state index contributed by atoms with van der Waals surface area (Å²) in [5.74, 6) is -4.05. The molecule has 0 aromatic carbocycles. The summed E-state index contributed by atoms with van der Waals surface area (Å²) in [5, 5.41) is 7.38. The molecule has 154 valence electrons. The standard InChI is InChI=1S/C16H21N3O9/c1-8(20)24-7-12-13(25-9(2)21)14(26-10(3)22)15(27-11(4)23)16(28-12)19-6-5-17-18-19/h5-6,12-16H,7H2,1-4H3/t12-,13-,14+,15-,16?/m1/s1/i1D,2D,3D,4D. The first-order chi connectivity index (χ1) is 15.3. The predicted octanol–water partition coefficient (Wildman–Crippen LogP) is -0.466. The van der Waals surface area contributed by atoms with Gasteiger partial charge < -0.3 is 23.7 Å². The zero-order valence-electron chi connectivity index (χ0n) is 18.6. The van der Waals surface area contributed by atoms with E-state index in [9.17, 15) is 19.2 Å². The highest BCUT2D eigenvalue weighted by molar-refractivity contribution is 5.68. The molecule has 1 aliphatic heterocycles. The molecule has 12 nitrogen and oxygen atoms in total. The maximum atomic E-state index is 11.9. The zero-order valence-corrected chi connectivity index (χ0v) is 14.6. The van der Waals surface area contributed by atoms with Gasteiger partial charge in [0.15, 0.2) is 24.5 Å². The van der Waals surface area contributed by atoms with Gasteiger partial charge >= 0.3 is 23.9 Å². The van der Waals surface area contributed by atoms with Crippen molar-refractivity contribution in [3.8, 4) is 0 Å². The van der Waals surface area contributed by atoms with Gasteiger partial charge in [0, 0.05) is 39.3 Å². The van der Waals surface area contributed by atoms with Crippen LogP contribution in [0.3, 0.4) is 0 Å². The zero-order chi connectivity index (χ0) is 23.7. The normalized spacial score (nSPS) is 28.6. The minimum atomic E-state index is -1.57. The molecule has 5 atom stereocenters. The molecule has 2 rings (SSSR count). The van der Waals surface area contributed by atoms with Crippen molar-refractivity contribution in [2.75, 3.05) is 6.61 Å². The van der Waals surface area contributed by atoms with Gasteiger partial charge in [-0.1, -0.05) is 5.21 Å². The minimum Gasteiger partial charge on any atom is -0.463 e. The molecule has 1 fully saturated rings. The highest BCUT2D eigenvalue weighted by Gasteiger charge is 2.53. The number of hydrogen-bond donors (Lipinski definition) is 0. The molecular formula is C16H21N3O9. The van der Waals surface area contributed by atoms with Crippen LogP contribution in [0.2, 0.25) is 0 Å². The number of carbonyl (C=O) groups excluding carboxylic acids is 4. The molecule has 0 spiro atoms. The molecule has 1 saturated heterocycles. The van der Waals surface area contributed by atoms with E-state index in [1.165, 1.54) is 12.4 Å². The van der Waals surface area contributed by atoms with Crippen LogP contribution in [0, 0.1) is 0 Å². The van der Waals surface area contributed by atoms with Gasteiger partial charge in [0.1, 0.15) is 12.7 Å². The van der Waals surface area contributed by atoms with E-state index in [1.54, 1.807) is 0 Å². The largest absolute Gasteiger partial charge is 0.463 e. The SMILES string of the molecule is [2H]CC(=O)OC[C@H]1OC(n2ccnn2)[C@H](OC(=O)C[2H])[C@@H](OC(=O)C[2H])[C@@H]1OC(=O)C[2H]. The summed E-state index contributed by atoms with van der Waals surface area (Å²) < 4.78 is 56.1. The summed E-state index contributed by atoms with van der Waals surface area (Å²) in [6.07, 6.45) is -4.60. The number of aromatic nitrogens is 3. The molecule has 0 aliphatic carbocycles. The number of esters is 4. The van der Waals surface area contributed by atoms with Crippen LogP contribution in [-0.2, 0) is 42.9 Å². The van der Waals surface area contributed by atoms with Crippen LogP contribution in [0.1, 0.15) is 39.3 Å². The first-order valence-electron chi connectivity index (χ1n) is 10.6. The molecule has 1 aliphatic rings. The molecule has 1 aromatic heterocycles. The fourth-order valence-corrected chi connectivity index (χ4v) is 2.63. The van der Waals surface area contributed by atoms with E-state index in [2.05, 4.69) is 10.3 Å². The molecule has 12 heteroatoms. The first kappa shape index (κ1) is 16.0. The van der Waals surface area contributed by atoms with Crippen molar-refractivity contribution < 1.29 is 48.3 Å². The minimum absolute atomic E-state index is 0.549. The Labute approximate surface area is 165 Å². The Morgan fingerprint density at radius 1 is 0.964 bits per heavy atom. The fraction of sp³-hybridized carbons (Fsp3) is 0.625. The van der Waals surface area contributed by atoms with Crippen LogP contribution < -0.4 is 0 Å². The molecule has 0 bridgehead atoms. The Kier molecular flexibility index (Phi) is 5.29. The van der Waals surface area contributed by atoms with Crippen molar-refractivity contribution >= 4 is 23.9 Å². The Balaban J connectivity index is 2.49. The lowest BCUT2D eigenvalue weighted by Gasteiger charge is -2.44. The van der Waals surface area contributed by atoms with E-state index in [4.69, 9.17) is 29.2 Å². The summed E-state index contributed by atoms with van der Waals surface area (Å²) in [6.45, 7) is -3.66. The van der Waals surface area contributed by atoms with Gasteiger partial charge in [-0.15, -0.1) is 5.10 Å². The van der Waals surface area contributed by atoms with Crippen LogP contribution in [-0.4, -0.2) is 69.9 Å². The average Bonchev–Trinajstić information content (AvgIpc) is 3.34. The van der Waals surface area contributed by atoms with Gasteiger partial charge in [0.05, 0.1) is 6.20 Å². The van der Waals surface area contributed by atoms with Crippen molar-refractivity contribution in [2.24, 2.45) is 0 Å². The summed E-state index contributed by atoms with van der Waals surface area (Å²) >= 11 is 0. The van der Waals surface area contributed by atoms with Gasteiger partial charge in [-0.05, 0) is 0 Å². The summed E-state index contributed by atoms with van der Waals surface area (Å²) in [6, 6.07) is 0. The van der Waals surface area contributed by atoms with Gasteiger partial charge in [-0.2, -0.15) is 0 Å². The third-order valence-electron chi connectivity index (χ3n) is 3.52. The molecule has 2 heterocycles. The molecule has 0 amide bonds. The molecule has 0 radical (unpaired) electrons. The van der Waals surface area contributed by atoms with E-state index in [1.807, 2.05) is 0 Å². The monoisotopic (exact) mass is 403 g/mol. The van der Waals surface area contributed by atoms with Crippen molar-refractivity contribution in [1.82, 2.24) is 15.0 Å². The number of ether oxygens (including phenoxy) is 5. The maximum absolute atomic E-state index is 11.9. The fourth-order valence-electron chi connectivity index (χ4n) is 2.63. The highest BCUT2D eigenvalue weighted by atomic mass is 16.7. The lowest BCUT2D eigenvalue weighted by atomic mass is 9.97. The third-order valence-corrected chi connectivity index (χ3v) is 3.52. The molecule has 1 unspecified atom stereocenters. The number of carbonyl (C=O) groups is 4. The van der Waals surface area contributed by atoms with Gasteiger partial charge in [-0.3, -0.25) is 19.2 Å². The molecule has 0 N–H and O–H groups in total. The van der Waals surface area contributed by atoms with E-state index < -0.39 is 88.7 Å². The quantitative estimate of drug-likeness (QED) is 0.449. The summed E-state index contributed by atoms with van der Waals surface area (Å²) in [7, 11) is 0. The number of rotatable bonds is 6.